The van der Waals surface area contributed by atoms with E-state index < -0.39 is 12.0 Å². The third-order valence-electron chi connectivity index (χ3n) is 2.43. The summed E-state index contributed by atoms with van der Waals surface area (Å²) in [5, 5.41) is 13.4. The third kappa shape index (κ3) is 3.24. The van der Waals surface area contributed by atoms with Gasteiger partial charge in [0.25, 0.3) is 0 Å². The maximum absolute atomic E-state index is 11.2. The van der Waals surface area contributed by atoms with Crippen molar-refractivity contribution in [3.63, 3.8) is 0 Å². The molecule has 1 fully saturated rings. The molecule has 0 aromatic carbocycles. The summed E-state index contributed by atoms with van der Waals surface area (Å²) in [6.45, 7) is 3.56. The molecule has 3 N–H and O–H groups in total. The van der Waals surface area contributed by atoms with Crippen LogP contribution >= 0.6 is 0 Å². The van der Waals surface area contributed by atoms with Gasteiger partial charge in [-0.25, -0.2) is 4.79 Å². The average Bonchev–Trinajstić information content (AvgIpc) is 2.81. The number of rotatable bonds is 4. The maximum atomic E-state index is 11.2. The van der Waals surface area contributed by atoms with Crippen LogP contribution in [0.2, 0.25) is 0 Å². The number of carboxylic acids is 1. The highest BCUT2D eigenvalue weighted by Crippen LogP contribution is 2.38. The molecule has 14 heavy (non-hydrogen) atoms. The Labute approximate surface area is 82.9 Å². The molecule has 80 valence electrons. The standard InChI is InChI=1S/C9H16N2O3/c1-9(2,6-3-4-6)11-8(14)10-5-7(12)13/h6H,3-5H2,1-2H3,(H,12,13)(H2,10,11,14). The third-order valence-corrected chi connectivity index (χ3v) is 2.43. The van der Waals surface area contributed by atoms with Crippen LogP contribution in [0.25, 0.3) is 0 Å². The molecule has 0 atom stereocenters. The van der Waals surface area contributed by atoms with Gasteiger partial charge in [-0.2, -0.15) is 0 Å². The van der Waals surface area contributed by atoms with Crippen molar-refractivity contribution in [1.82, 2.24) is 10.6 Å². The topological polar surface area (TPSA) is 78.4 Å². The molecule has 5 heteroatoms. The monoisotopic (exact) mass is 200 g/mol. The zero-order chi connectivity index (χ0) is 10.8. The minimum absolute atomic E-state index is 0.234. The van der Waals surface area contributed by atoms with Crippen LogP contribution in [-0.2, 0) is 4.79 Å². The van der Waals surface area contributed by atoms with Gasteiger partial charge in [-0.15, -0.1) is 0 Å². The molecule has 0 radical (unpaired) electrons. The summed E-state index contributed by atoms with van der Waals surface area (Å²) in [7, 11) is 0. The Morgan fingerprint density at radius 2 is 2.00 bits per heavy atom. The fourth-order valence-electron chi connectivity index (χ4n) is 1.40. The second-order valence-corrected chi connectivity index (χ2v) is 4.20. The lowest BCUT2D eigenvalue weighted by Crippen LogP contribution is -2.50. The molecule has 1 aliphatic carbocycles. The summed E-state index contributed by atoms with van der Waals surface area (Å²) in [6, 6.07) is -0.413. The van der Waals surface area contributed by atoms with Crippen molar-refractivity contribution in [3.05, 3.63) is 0 Å². The molecule has 0 unspecified atom stereocenters. The predicted molar refractivity (Wildman–Crippen MR) is 51.0 cm³/mol. The molecule has 1 rings (SSSR count). The van der Waals surface area contributed by atoms with E-state index in [4.69, 9.17) is 5.11 Å². The number of carboxylic acid groups (broad SMARTS) is 1. The molecule has 0 aromatic heterocycles. The number of hydrogen-bond donors (Lipinski definition) is 3. The SMILES string of the molecule is CC(C)(NC(=O)NCC(=O)O)C1CC1. The zero-order valence-electron chi connectivity index (χ0n) is 8.46. The van der Waals surface area contributed by atoms with Gasteiger partial charge in [-0.05, 0) is 32.6 Å². The predicted octanol–water partition coefficient (Wildman–Crippen LogP) is 0.559. The molecule has 1 aliphatic rings. The molecule has 0 heterocycles. The van der Waals surface area contributed by atoms with Gasteiger partial charge in [0.1, 0.15) is 6.54 Å². The second kappa shape index (κ2) is 3.86. The van der Waals surface area contributed by atoms with Gasteiger partial charge < -0.3 is 15.7 Å². The lowest BCUT2D eigenvalue weighted by molar-refractivity contribution is -0.135. The van der Waals surface area contributed by atoms with E-state index >= 15 is 0 Å². The van der Waals surface area contributed by atoms with E-state index in [1.54, 1.807) is 0 Å². The average molecular weight is 200 g/mol. The lowest BCUT2D eigenvalue weighted by Gasteiger charge is -2.25. The van der Waals surface area contributed by atoms with E-state index in [0.717, 1.165) is 12.8 Å². The lowest BCUT2D eigenvalue weighted by atomic mass is 9.99. The molecule has 0 bridgehead atoms. The van der Waals surface area contributed by atoms with Gasteiger partial charge >= 0.3 is 12.0 Å². The minimum Gasteiger partial charge on any atom is -0.480 e. The summed E-state index contributed by atoms with van der Waals surface area (Å²) in [5.41, 5.74) is -0.234. The molecule has 0 aliphatic heterocycles. The highest BCUT2D eigenvalue weighted by molar-refractivity contribution is 5.80. The van der Waals surface area contributed by atoms with Crippen molar-refractivity contribution >= 4 is 12.0 Å². The molecule has 2 amide bonds. The molecule has 5 nitrogen and oxygen atoms in total. The summed E-state index contributed by atoms with van der Waals surface area (Å²) in [4.78, 5) is 21.4. The summed E-state index contributed by atoms with van der Waals surface area (Å²) >= 11 is 0. The first-order valence-corrected chi connectivity index (χ1v) is 4.69. The summed E-state index contributed by atoms with van der Waals surface area (Å²) in [5.74, 6) is -0.512. The Bertz CT molecular complexity index is 246. The van der Waals surface area contributed by atoms with E-state index in [9.17, 15) is 9.59 Å². The number of carbonyl (C=O) groups is 2. The first kappa shape index (κ1) is 10.8. The Morgan fingerprint density at radius 1 is 1.43 bits per heavy atom. The Balaban J connectivity index is 2.28. The van der Waals surface area contributed by atoms with E-state index in [0.29, 0.717) is 5.92 Å². The largest absolute Gasteiger partial charge is 0.480 e. The molecular weight excluding hydrogens is 184 g/mol. The minimum atomic E-state index is -1.04. The van der Waals surface area contributed by atoms with Crippen LogP contribution < -0.4 is 10.6 Å². The molecule has 0 aromatic rings. The van der Waals surface area contributed by atoms with Crippen LogP contribution in [0.3, 0.4) is 0 Å². The maximum Gasteiger partial charge on any atom is 0.323 e. The van der Waals surface area contributed by atoms with Gasteiger partial charge in [-0.1, -0.05) is 0 Å². The summed E-state index contributed by atoms with van der Waals surface area (Å²) in [6.07, 6.45) is 2.26. The van der Waals surface area contributed by atoms with Crippen LogP contribution in [-0.4, -0.2) is 29.2 Å². The molecule has 0 spiro atoms. The Hall–Kier alpha value is -1.26. The smallest absolute Gasteiger partial charge is 0.323 e. The van der Waals surface area contributed by atoms with Crippen molar-refractivity contribution in [3.8, 4) is 0 Å². The first-order valence-electron chi connectivity index (χ1n) is 4.69. The van der Waals surface area contributed by atoms with Crippen LogP contribution in [0, 0.1) is 5.92 Å². The van der Waals surface area contributed by atoms with Crippen LogP contribution in [0.15, 0.2) is 0 Å². The number of nitrogens with one attached hydrogen (secondary N) is 2. The van der Waals surface area contributed by atoms with Crippen molar-refractivity contribution in [1.29, 1.82) is 0 Å². The second-order valence-electron chi connectivity index (χ2n) is 4.20. The fraction of sp³-hybridized carbons (Fsp3) is 0.778. The number of hydrogen-bond acceptors (Lipinski definition) is 2. The van der Waals surface area contributed by atoms with Crippen LogP contribution in [0.4, 0.5) is 4.79 Å². The highest BCUT2D eigenvalue weighted by atomic mass is 16.4. The van der Waals surface area contributed by atoms with Gasteiger partial charge in [0, 0.05) is 5.54 Å². The number of carbonyl (C=O) groups excluding carboxylic acids is 1. The summed E-state index contributed by atoms with van der Waals surface area (Å²) < 4.78 is 0. The van der Waals surface area contributed by atoms with Crippen LogP contribution in [0.5, 0.6) is 0 Å². The van der Waals surface area contributed by atoms with E-state index in [1.165, 1.54) is 0 Å². The molecular formula is C9H16N2O3. The number of aliphatic carboxylic acids is 1. The van der Waals surface area contributed by atoms with Gasteiger partial charge in [0.05, 0.1) is 0 Å². The first-order chi connectivity index (χ1) is 6.42. The van der Waals surface area contributed by atoms with Gasteiger partial charge in [-0.3, -0.25) is 4.79 Å². The normalized spacial score (nSPS) is 16.1. The van der Waals surface area contributed by atoms with E-state index in [2.05, 4.69) is 10.6 Å². The van der Waals surface area contributed by atoms with Crippen LogP contribution in [0.1, 0.15) is 26.7 Å². The Morgan fingerprint density at radius 3 is 2.43 bits per heavy atom. The van der Waals surface area contributed by atoms with Crippen molar-refractivity contribution in [2.75, 3.05) is 6.54 Å². The van der Waals surface area contributed by atoms with Crippen molar-refractivity contribution in [2.45, 2.75) is 32.2 Å². The number of urea groups is 1. The molecule has 1 saturated carbocycles. The van der Waals surface area contributed by atoms with Crippen molar-refractivity contribution < 1.29 is 14.7 Å². The highest BCUT2D eigenvalue weighted by Gasteiger charge is 2.38. The quantitative estimate of drug-likeness (QED) is 0.620. The van der Waals surface area contributed by atoms with E-state index in [-0.39, 0.29) is 12.1 Å². The number of amides is 2. The molecule has 0 saturated heterocycles. The Kier molecular flexibility index (Phi) is 2.98. The van der Waals surface area contributed by atoms with E-state index in [1.807, 2.05) is 13.8 Å². The van der Waals surface area contributed by atoms with Crippen molar-refractivity contribution in [2.24, 2.45) is 5.92 Å². The zero-order valence-corrected chi connectivity index (χ0v) is 8.46. The fourth-order valence-corrected chi connectivity index (χ4v) is 1.40. The van der Waals surface area contributed by atoms with Gasteiger partial charge in [0.2, 0.25) is 0 Å². The van der Waals surface area contributed by atoms with Gasteiger partial charge in [0.15, 0.2) is 0 Å².